The standard InChI is InChI=1S/C20H21N7O/c1-13(14-6-7-14)27-18(8-9-21-27)25-19(28)12-26-11-15(10-22-26)20-23-16-4-2-3-5-17(16)24-20/h2-5,8-11,13-14H,6-7,12H2,1H3,(H,23,24)(H,25,28). The topological polar surface area (TPSA) is 93.4 Å². The van der Waals surface area contributed by atoms with Gasteiger partial charge >= 0.3 is 0 Å². The van der Waals surface area contributed by atoms with Crippen LogP contribution >= 0.6 is 0 Å². The minimum Gasteiger partial charge on any atom is -0.338 e. The molecule has 28 heavy (non-hydrogen) atoms. The van der Waals surface area contributed by atoms with Crippen LogP contribution in [-0.2, 0) is 11.3 Å². The second-order valence-electron chi connectivity index (χ2n) is 7.32. The number of aromatic amines is 1. The SMILES string of the molecule is CC(C1CC1)n1nccc1NC(=O)Cn1cc(-c2nc3ccccc3[nH]2)cn1. The molecule has 4 aromatic rings. The van der Waals surface area contributed by atoms with Gasteiger partial charge in [0, 0.05) is 12.3 Å². The van der Waals surface area contributed by atoms with Crippen molar-refractivity contribution in [3.63, 3.8) is 0 Å². The molecule has 0 aliphatic heterocycles. The Bertz CT molecular complexity index is 1100. The summed E-state index contributed by atoms with van der Waals surface area (Å²) in [4.78, 5) is 20.3. The Hall–Kier alpha value is -3.42. The Kier molecular flexibility index (Phi) is 3.96. The first kappa shape index (κ1) is 16.7. The Balaban J connectivity index is 1.28. The van der Waals surface area contributed by atoms with E-state index in [1.54, 1.807) is 17.1 Å². The first-order valence-corrected chi connectivity index (χ1v) is 9.48. The van der Waals surface area contributed by atoms with Gasteiger partial charge in [-0.2, -0.15) is 10.2 Å². The highest BCUT2D eigenvalue weighted by atomic mass is 16.2. The lowest BCUT2D eigenvalue weighted by Crippen LogP contribution is -2.22. The smallest absolute Gasteiger partial charge is 0.247 e. The van der Waals surface area contributed by atoms with Crippen LogP contribution in [0, 0.1) is 5.92 Å². The number of carbonyl (C=O) groups is 1. The zero-order valence-corrected chi connectivity index (χ0v) is 15.5. The quantitative estimate of drug-likeness (QED) is 0.541. The van der Waals surface area contributed by atoms with Crippen LogP contribution in [0.3, 0.4) is 0 Å². The van der Waals surface area contributed by atoms with Gasteiger partial charge in [-0.05, 0) is 37.8 Å². The van der Waals surface area contributed by atoms with E-state index in [2.05, 4.69) is 32.4 Å². The predicted octanol–water partition coefficient (Wildman–Crippen LogP) is 3.23. The Labute approximate surface area is 161 Å². The molecule has 8 nitrogen and oxygen atoms in total. The van der Waals surface area contributed by atoms with Gasteiger partial charge in [0.15, 0.2) is 0 Å². The predicted molar refractivity (Wildman–Crippen MR) is 106 cm³/mol. The third-order valence-corrected chi connectivity index (χ3v) is 5.23. The lowest BCUT2D eigenvalue weighted by molar-refractivity contribution is -0.117. The van der Waals surface area contributed by atoms with E-state index in [1.807, 2.05) is 41.2 Å². The van der Waals surface area contributed by atoms with Gasteiger partial charge in [0.05, 0.1) is 35.0 Å². The number of imidazole rings is 1. The highest BCUT2D eigenvalue weighted by molar-refractivity contribution is 5.89. The van der Waals surface area contributed by atoms with Gasteiger partial charge in [0.1, 0.15) is 18.2 Å². The van der Waals surface area contributed by atoms with Gasteiger partial charge in [0.25, 0.3) is 0 Å². The summed E-state index contributed by atoms with van der Waals surface area (Å²) in [5.41, 5.74) is 2.72. The summed E-state index contributed by atoms with van der Waals surface area (Å²) >= 11 is 0. The summed E-state index contributed by atoms with van der Waals surface area (Å²) in [7, 11) is 0. The zero-order valence-electron chi connectivity index (χ0n) is 15.5. The van der Waals surface area contributed by atoms with Crippen LogP contribution in [0.1, 0.15) is 25.8 Å². The van der Waals surface area contributed by atoms with Crippen molar-refractivity contribution in [1.82, 2.24) is 29.5 Å². The molecule has 1 amide bonds. The van der Waals surface area contributed by atoms with Crippen molar-refractivity contribution < 1.29 is 4.79 Å². The molecular weight excluding hydrogens is 354 g/mol. The number of carbonyl (C=O) groups excluding carboxylic acids is 1. The van der Waals surface area contributed by atoms with Gasteiger partial charge in [0.2, 0.25) is 5.91 Å². The maximum atomic E-state index is 12.5. The molecule has 0 bridgehead atoms. The van der Waals surface area contributed by atoms with Crippen LogP contribution in [0.15, 0.2) is 48.9 Å². The summed E-state index contributed by atoms with van der Waals surface area (Å²) in [6.45, 7) is 2.27. The van der Waals surface area contributed by atoms with Gasteiger partial charge in [-0.3, -0.25) is 9.48 Å². The molecule has 3 aromatic heterocycles. The van der Waals surface area contributed by atoms with Crippen molar-refractivity contribution in [2.75, 3.05) is 5.32 Å². The summed E-state index contributed by atoms with van der Waals surface area (Å²) in [5.74, 6) is 2.00. The van der Waals surface area contributed by atoms with Crippen LogP contribution in [0.2, 0.25) is 0 Å². The largest absolute Gasteiger partial charge is 0.338 e. The minimum absolute atomic E-state index is 0.128. The zero-order chi connectivity index (χ0) is 19.1. The highest BCUT2D eigenvalue weighted by Gasteiger charge is 2.30. The molecule has 2 N–H and O–H groups in total. The number of hydrogen-bond donors (Lipinski definition) is 2. The maximum Gasteiger partial charge on any atom is 0.247 e. The normalized spacial score (nSPS) is 15.0. The number of anilines is 1. The third-order valence-electron chi connectivity index (χ3n) is 5.23. The van der Waals surface area contributed by atoms with Crippen LogP contribution in [0.25, 0.3) is 22.4 Å². The molecule has 1 aliphatic rings. The maximum absolute atomic E-state index is 12.5. The number of nitrogens with one attached hydrogen (secondary N) is 2. The van der Waals surface area contributed by atoms with Crippen molar-refractivity contribution >= 4 is 22.8 Å². The monoisotopic (exact) mass is 375 g/mol. The molecule has 1 aromatic carbocycles. The third kappa shape index (κ3) is 3.17. The number of benzene rings is 1. The first-order chi connectivity index (χ1) is 13.7. The Morgan fingerprint density at radius 1 is 1.29 bits per heavy atom. The first-order valence-electron chi connectivity index (χ1n) is 9.48. The van der Waals surface area contributed by atoms with Gasteiger partial charge in [-0.1, -0.05) is 12.1 Å². The molecule has 0 spiro atoms. The van der Waals surface area contributed by atoms with E-state index < -0.39 is 0 Å². The molecule has 1 atom stereocenters. The molecule has 142 valence electrons. The number of fused-ring (bicyclic) bond motifs is 1. The molecule has 3 heterocycles. The molecule has 5 rings (SSSR count). The highest BCUT2D eigenvalue weighted by Crippen LogP contribution is 2.40. The number of para-hydroxylation sites is 2. The molecule has 8 heteroatoms. The molecular formula is C20H21N7O. The van der Waals surface area contributed by atoms with E-state index in [4.69, 9.17) is 0 Å². The van der Waals surface area contributed by atoms with Crippen molar-refractivity contribution in [3.05, 3.63) is 48.9 Å². The van der Waals surface area contributed by atoms with E-state index in [0.29, 0.717) is 12.0 Å². The second-order valence-corrected chi connectivity index (χ2v) is 7.32. The fraction of sp³-hybridized carbons (Fsp3) is 0.300. The number of aromatic nitrogens is 6. The molecule has 1 aliphatic carbocycles. The lowest BCUT2D eigenvalue weighted by Gasteiger charge is -2.15. The summed E-state index contributed by atoms with van der Waals surface area (Å²) < 4.78 is 3.52. The van der Waals surface area contributed by atoms with E-state index in [-0.39, 0.29) is 12.5 Å². The minimum atomic E-state index is -0.135. The fourth-order valence-corrected chi connectivity index (χ4v) is 3.51. The number of rotatable bonds is 6. The molecule has 1 unspecified atom stereocenters. The molecule has 1 fully saturated rings. The van der Waals surface area contributed by atoms with Crippen molar-refractivity contribution in [3.8, 4) is 11.4 Å². The fourth-order valence-electron chi connectivity index (χ4n) is 3.51. The van der Waals surface area contributed by atoms with Crippen molar-refractivity contribution in [2.45, 2.75) is 32.4 Å². The van der Waals surface area contributed by atoms with Crippen LogP contribution in [0.5, 0.6) is 0 Å². The average molecular weight is 375 g/mol. The Morgan fingerprint density at radius 3 is 2.96 bits per heavy atom. The van der Waals surface area contributed by atoms with Gasteiger partial charge in [-0.25, -0.2) is 9.67 Å². The number of nitrogens with zero attached hydrogens (tertiary/aromatic N) is 5. The van der Waals surface area contributed by atoms with E-state index in [0.717, 1.165) is 28.2 Å². The van der Waals surface area contributed by atoms with E-state index in [9.17, 15) is 4.79 Å². The van der Waals surface area contributed by atoms with Crippen molar-refractivity contribution in [1.29, 1.82) is 0 Å². The van der Waals surface area contributed by atoms with Crippen LogP contribution in [0.4, 0.5) is 5.82 Å². The Morgan fingerprint density at radius 2 is 2.14 bits per heavy atom. The molecule has 0 saturated heterocycles. The average Bonchev–Trinajstić information content (AvgIpc) is 3.07. The van der Waals surface area contributed by atoms with E-state index >= 15 is 0 Å². The van der Waals surface area contributed by atoms with Crippen LogP contribution in [-0.4, -0.2) is 35.4 Å². The summed E-state index contributed by atoms with van der Waals surface area (Å²) in [6.07, 6.45) is 7.71. The van der Waals surface area contributed by atoms with Crippen molar-refractivity contribution in [2.24, 2.45) is 5.92 Å². The summed E-state index contributed by atoms with van der Waals surface area (Å²) in [6, 6.07) is 9.99. The molecule has 1 saturated carbocycles. The second kappa shape index (κ2) is 6.63. The number of amides is 1. The summed E-state index contributed by atoms with van der Waals surface area (Å²) in [5, 5.41) is 11.6. The molecule has 0 radical (unpaired) electrons. The van der Waals surface area contributed by atoms with Gasteiger partial charge in [-0.15, -0.1) is 0 Å². The van der Waals surface area contributed by atoms with E-state index in [1.165, 1.54) is 12.8 Å². The van der Waals surface area contributed by atoms with Gasteiger partial charge < -0.3 is 10.3 Å². The lowest BCUT2D eigenvalue weighted by atomic mass is 10.2. The number of hydrogen-bond acceptors (Lipinski definition) is 4. The number of H-pyrrole nitrogens is 1. The van der Waals surface area contributed by atoms with Crippen LogP contribution < -0.4 is 5.32 Å².